The summed E-state index contributed by atoms with van der Waals surface area (Å²) in [5, 5.41) is 20.0. The third-order valence-electron chi connectivity index (χ3n) is 6.37. The van der Waals surface area contributed by atoms with Gasteiger partial charge < -0.3 is 30.5 Å². The van der Waals surface area contributed by atoms with Crippen molar-refractivity contribution in [1.82, 2.24) is 25.4 Å². The lowest BCUT2D eigenvalue weighted by atomic mass is 10.0. The number of aliphatic hydroxyl groups excluding tert-OH is 1. The monoisotopic (exact) mass is 447 g/mol. The van der Waals surface area contributed by atoms with Crippen molar-refractivity contribution >= 4 is 33.9 Å². The summed E-state index contributed by atoms with van der Waals surface area (Å²) < 4.78 is 0. The summed E-state index contributed by atoms with van der Waals surface area (Å²) in [5.74, 6) is 0. The predicted octanol–water partition coefficient (Wildman–Crippen LogP) is 3.58. The lowest BCUT2D eigenvalue weighted by Crippen LogP contribution is -2.64. The Bertz CT molecular complexity index is 1130. The molecule has 3 atom stereocenters. The molecule has 0 aliphatic carbocycles. The van der Waals surface area contributed by atoms with Gasteiger partial charge in [0, 0.05) is 42.8 Å². The fourth-order valence-electron chi connectivity index (χ4n) is 4.75. The van der Waals surface area contributed by atoms with Gasteiger partial charge in [-0.05, 0) is 35.8 Å². The van der Waals surface area contributed by atoms with E-state index in [1.807, 2.05) is 35.4 Å². The van der Waals surface area contributed by atoms with E-state index in [0.717, 1.165) is 29.7 Å². The van der Waals surface area contributed by atoms with Crippen molar-refractivity contribution in [3.8, 4) is 0 Å². The zero-order chi connectivity index (χ0) is 22.1. The Labute approximate surface area is 193 Å². The van der Waals surface area contributed by atoms with Crippen LogP contribution in [0.15, 0.2) is 67.0 Å². The van der Waals surface area contributed by atoms with Gasteiger partial charge in [-0.1, -0.05) is 55.5 Å². The number of rotatable bonds is 6. The van der Waals surface area contributed by atoms with E-state index in [1.165, 1.54) is 10.9 Å². The Hall–Kier alpha value is -3.03. The van der Waals surface area contributed by atoms with E-state index in [9.17, 15) is 5.11 Å². The Morgan fingerprint density at radius 1 is 1.06 bits per heavy atom. The molecule has 7 heteroatoms. The standard InChI is InChI=1S/C25H29N5OS/c1-2-12-29-23(31)13-22(24-27-15-21(28-24)17-8-4-3-5-9-17)30(25(29)32)16-18-14-26-20-11-7-6-10-19(18)20/h3-11,14-15,22-24,26-28,31H,2,12-13,16H2,1H3/t22-,23?,24?/m0/s1. The molecule has 4 N–H and O–H groups in total. The molecule has 32 heavy (non-hydrogen) atoms. The Morgan fingerprint density at radius 2 is 1.84 bits per heavy atom. The molecule has 3 aromatic rings. The Morgan fingerprint density at radius 3 is 2.66 bits per heavy atom. The number of para-hydroxylation sites is 1. The molecule has 1 fully saturated rings. The maximum absolute atomic E-state index is 10.9. The number of aromatic amines is 1. The quantitative estimate of drug-likeness (QED) is 0.433. The highest BCUT2D eigenvalue weighted by molar-refractivity contribution is 7.80. The zero-order valence-corrected chi connectivity index (χ0v) is 19.0. The first-order valence-electron chi connectivity index (χ1n) is 11.2. The Kier molecular flexibility index (Phi) is 5.76. The molecule has 1 saturated heterocycles. The van der Waals surface area contributed by atoms with E-state index in [1.54, 1.807) is 0 Å². The van der Waals surface area contributed by atoms with E-state index in [-0.39, 0.29) is 12.2 Å². The smallest absolute Gasteiger partial charge is 0.174 e. The number of aromatic nitrogens is 1. The molecule has 0 amide bonds. The topological polar surface area (TPSA) is 66.6 Å². The number of nitrogens with one attached hydrogen (secondary N) is 3. The second-order valence-electron chi connectivity index (χ2n) is 8.46. The molecule has 2 aliphatic heterocycles. The summed E-state index contributed by atoms with van der Waals surface area (Å²) in [5.41, 5.74) is 4.52. The molecule has 166 valence electrons. The van der Waals surface area contributed by atoms with Crippen LogP contribution in [0.25, 0.3) is 16.6 Å². The van der Waals surface area contributed by atoms with Gasteiger partial charge in [0.15, 0.2) is 5.11 Å². The van der Waals surface area contributed by atoms with Crippen LogP contribution in [-0.4, -0.2) is 50.0 Å². The fraction of sp³-hybridized carbons (Fsp3) is 0.320. The molecule has 6 nitrogen and oxygen atoms in total. The van der Waals surface area contributed by atoms with Crippen LogP contribution < -0.4 is 10.6 Å². The lowest BCUT2D eigenvalue weighted by molar-refractivity contribution is -0.0157. The second kappa shape index (κ2) is 8.84. The van der Waals surface area contributed by atoms with Crippen molar-refractivity contribution in [2.75, 3.05) is 6.54 Å². The minimum Gasteiger partial charge on any atom is -0.373 e. The van der Waals surface area contributed by atoms with Crippen LogP contribution in [0.5, 0.6) is 0 Å². The van der Waals surface area contributed by atoms with Crippen LogP contribution in [0, 0.1) is 0 Å². The summed E-state index contributed by atoms with van der Waals surface area (Å²) in [7, 11) is 0. The van der Waals surface area contributed by atoms with E-state index in [2.05, 4.69) is 64.0 Å². The molecule has 3 heterocycles. The maximum Gasteiger partial charge on any atom is 0.174 e. The normalized spacial score (nSPS) is 23.2. The first kappa shape index (κ1) is 20.8. The van der Waals surface area contributed by atoms with Crippen LogP contribution in [0.1, 0.15) is 30.9 Å². The fourth-order valence-corrected chi connectivity index (χ4v) is 5.17. The van der Waals surface area contributed by atoms with Gasteiger partial charge in [-0.3, -0.25) is 0 Å². The van der Waals surface area contributed by atoms with Gasteiger partial charge in [0.1, 0.15) is 12.4 Å². The molecule has 5 rings (SSSR count). The number of thiocarbonyl (C=S) groups is 1. The summed E-state index contributed by atoms with van der Waals surface area (Å²) in [6.45, 7) is 3.54. The van der Waals surface area contributed by atoms with Crippen LogP contribution in [-0.2, 0) is 6.54 Å². The Balaban J connectivity index is 1.42. The molecular weight excluding hydrogens is 418 g/mol. The van der Waals surface area contributed by atoms with Crippen LogP contribution in [0.3, 0.4) is 0 Å². The third kappa shape index (κ3) is 3.82. The third-order valence-corrected chi connectivity index (χ3v) is 6.84. The number of hydrogen-bond donors (Lipinski definition) is 4. The van der Waals surface area contributed by atoms with Crippen LogP contribution >= 0.6 is 12.2 Å². The van der Waals surface area contributed by atoms with Crippen molar-refractivity contribution in [3.63, 3.8) is 0 Å². The predicted molar refractivity (Wildman–Crippen MR) is 132 cm³/mol. The second-order valence-corrected chi connectivity index (χ2v) is 8.82. The minimum atomic E-state index is -0.587. The van der Waals surface area contributed by atoms with Crippen molar-refractivity contribution in [2.45, 2.75) is 44.7 Å². The maximum atomic E-state index is 10.9. The molecule has 2 aromatic carbocycles. The molecule has 2 unspecified atom stereocenters. The van der Waals surface area contributed by atoms with Gasteiger partial charge in [-0.2, -0.15) is 0 Å². The van der Waals surface area contributed by atoms with Crippen molar-refractivity contribution in [3.05, 3.63) is 78.1 Å². The number of benzene rings is 2. The molecule has 1 aromatic heterocycles. The molecule has 0 spiro atoms. The van der Waals surface area contributed by atoms with E-state index in [4.69, 9.17) is 12.2 Å². The highest BCUT2D eigenvalue weighted by atomic mass is 32.1. The summed E-state index contributed by atoms with van der Waals surface area (Å²) >= 11 is 5.93. The molecular formula is C25H29N5OS. The first-order valence-corrected chi connectivity index (χ1v) is 11.6. The SMILES string of the molecule is CCCN1C(=S)N(Cc2c[nH]c3ccccc23)[C@H](C2NC=C(c3ccccc3)N2)CC1O. The summed E-state index contributed by atoms with van der Waals surface area (Å²) in [6, 6.07) is 18.6. The molecule has 0 saturated carbocycles. The van der Waals surface area contributed by atoms with Crippen molar-refractivity contribution in [2.24, 2.45) is 0 Å². The van der Waals surface area contributed by atoms with E-state index < -0.39 is 6.23 Å². The minimum absolute atomic E-state index is 0.00303. The van der Waals surface area contributed by atoms with Crippen molar-refractivity contribution in [1.29, 1.82) is 0 Å². The highest BCUT2D eigenvalue weighted by Gasteiger charge is 2.41. The number of aliphatic hydroxyl groups is 1. The number of hydrogen-bond acceptors (Lipinski definition) is 4. The highest BCUT2D eigenvalue weighted by Crippen LogP contribution is 2.29. The number of H-pyrrole nitrogens is 1. The van der Waals surface area contributed by atoms with E-state index in [0.29, 0.717) is 18.1 Å². The largest absolute Gasteiger partial charge is 0.373 e. The summed E-state index contributed by atoms with van der Waals surface area (Å²) in [6.07, 6.45) is 4.99. The van der Waals surface area contributed by atoms with Gasteiger partial charge >= 0.3 is 0 Å². The average molecular weight is 448 g/mol. The lowest BCUT2D eigenvalue weighted by Gasteiger charge is -2.48. The van der Waals surface area contributed by atoms with Gasteiger partial charge in [0.05, 0.1) is 11.7 Å². The molecule has 2 aliphatic rings. The summed E-state index contributed by atoms with van der Waals surface area (Å²) in [4.78, 5) is 7.60. The van der Waals surface area contributed by atoms with E-state index >= 15 is 0 Å². The number of nitrogens with zero attached hydrogens (tertiary/aromatic N) is 2. The average Bonchev–Trinajstić information content (AvgIpc) is 3.47. The van der Waals surface area contributed by atoms with Crippen molar-refractivity contribution < 1.29 is 5.11 Å². The van der Waals surface area contributed by atoms with Crippen LogP contribution in [0.2, 0.25) is 0 Å². The molecule has 0 bridgehead atoms. The van der Waals surface area contributed by atoms with Gasteiger partial charge in [0.2, 0.25) is 0 Å². The molecule has 0 radical (unpaired) electrons. The zero-order valence-electron chi connectivity index (χ0n) is 18.2. The van der Waals surface area contributed by atoms with Gasteiger partial charge in [0.25, 0.3) is 0 Å². The first-order chi connectivity index (χ1) is 15.7. The number of fused-ring (bicyclic) bond motifs is 1. The van der Waals surface area contributed by atoms with Gasteiger partial charge in [-0.25, -0.2) is 0 Å². The van der Waals surface area contributed by atoms with Gasteiger partial charge in [-0.15, -0.1) is 0 Å². The van der Waals surface area contributed by atoms with Crippen LogP contribution in [0.4, 0.5) is 0 Å².